The van der Waals surface area contributed by atoms with E-state index in [9.17, 15) is 9.18 Å². The number of nitrogens with zero attached hydrogens (tertiary/aromatic N) is 1. The van der Waals surface area contributed by atoms with E-state index in [4.69, 9.17) is 4.74 Å². The molecule has 1 heterocycles. The number of thiazole rings is 1. The highest BCUT2D eigenvalue weighted by atomic mass is 32.1. The number of rotatable bonds is 7. The number of aromatic nitrogens is 1. The average molecular weight is 308 g/mol. The molecule has 112 valence electrons. The van der Waals surface area contributed by atoms with Crippen molar-refractivity contribution >= 4 is 22.4 Å². The molecule has 2 aromatic rings. The molecule has 0 spiro atoms. The van der Waals surface area contributed by atoms with E-state index in [1.807, 2.05) is 5.38 Å². The molecule has 0 unspecified atom stereocenters. The SMILES string of the molecule is CCOC(=O)Cc1csc(NCCc2ccc(F)cc2)n1. The van der Waals surface area contributed by atoms with Crippen molar-refractivity contribution in [3.63, 3.8) is 0 Å². The van der Waals surface area contributed by atoms with Gasteiger partial charge in [-0.2, -0.15) is 0 Å². The number of esters is 1. The second-order valence-corrected chi connectivity index (χ2v) is 5.29. The quantitative estimate of drug-likeness (QED) is 0.799. The lowest BCUT2D eigenvalue weighted by Crippen LogP contribution is -2.08. The van der Waals surface area contributed by atoms with Crippen LogP contribution in [0.15, 0.2) is 29.6 Å². The van der Waals surface area contributed by atoms with Crippen LogP contribution in [0.25, 0.3) is 0 Å². The number of halogens is 1. The molecular formula is C15H17FN2O2S. The lowest BCUT2D eigenvalue weighted by atomic mass is 10.1. The van der Waals surface area contributed by atoms with Crippen LogP contribution in [-0.2, 0) is 22.4 Å². The molecule has 0 atom stereocenters. The second kappa shape index (κ2) is 7.73. The summed E-state index contributed by atoms with van der Waals surface area (Å²) in [5, 5.41) is 5.81. The number of ether oxygens (including phenoxy) is 1. The van der Waals surface area contributed by atoms with Crippen LogP contribution in [0.3, 0.4) is 0 Å². The molecular weight excluding hydrogens is 291 g/mol. The Morgan fingerprint density at radius 2 is 2.14 bits per heavy atom. The van der Waals surface area contributed by atoms with Crippen LogP contribution >= 0.6 is 11.3 Å². The summed E-state index contributed by atoms with van der Waals surface area (Å²) in [6, 6.07) is 6.45. The van der Waals surface area contributed by atoms with Crippen LogP contribution < -0.4 is 5.32 Å². The van der Waals surface area contributed by atoms with Gasteiger partial charge in [0.05, 0.1) is 18.7 Å². The van der Waals surface area contributed by atoms with Crippen LogP contribution in [0.5, 0.6) is 0 Å². The van der Waals surface area contributed by atoms with Crippen molar-refractivity contribution in [2.24, 2.45) is 0 Å². The highest BCUT2D eigenvalue weighted by molar-refractivity contribution is 7.13. The number of anilines is 1. The molecule has 0 saturated carbocycles. The molecule has 0 aliphatic rings. The standard InChI is InChI=1S/C15H17FN2O2S/c1-2-20-14(19)9-13-10-21-15(18-13)17-8-7-11-3-5-12(16)6-4-11/h3-6,10H,2,7-9H2,1H3,(H,17,18). The third-order valence-electron chi connectivity index (χ3n) is 2.79. The summed E-state index contributed by atoms with van der Waals surface area (Å²) in [4.78, 5) is 15.7. The Labute approximate surface area is 127 Å². The lowest BCUT2D eigenvalue weighted by molar-refractivity contribution is -0.142. The van der Waals surface area contributed by atoms with Crippen molar-refractivity contribution in [2.75, 3.05) is 18.5 Å². The van der Waals surface area contributed by atoms with Crippen LogP contribution in [0.2, 0.25) is 0 Å². The Balaban J connectivity index is 1.77. The zero-order valence-electron chi connectivity index (χ0n) is 11.8. The number of benzene rings is 1. The fraction of sp³-hybridized carbons (Fsp3) is 0.333. The molecule has 0 amide bonds. The van der Waals surface area contributed by atoms with E-state index < -0.39 is 0 Å². The Morgan fingerprint density at radius 1 is 1.38 bits per heavy atom. The first-order valence-electron chi connectivity index (χ1n) is 6.75. The lowest BCUT2D eigenvalue weighted by Gasteiger charge is -2.03. The normalized spacial score (nSPS) is 10.4. The summed E-state index contributed by atoms with van der Waals surface area (Å²) in [6.07, 6.45) is 0.983. The minimum Gasteiger partial charge on any atom is -0.466 e. The zero-order chi connectivity index (χ0) is 15.1. The summed E-state index contributed by atoms with van der Waals surface area (Å²) in [5.41, 5.74) is 1.77. The monoisotopic (exact) mass is 308 g/mol. The largest absolute Gasteiger partial charge is 0.466 e. The Bertz CT molecular complexity index is 584. The van der Waals surface area contributed by atoms with Crippen molar-refractivity contribution in [3.8, 4) is 0 Å². The van der Waals surface area contributed by atoms with Gasteiger partial charge >= 0.3 is 5.97 Å². The Hall–Kier alpha value is -1.95. The van der Waals surface area contributed by atoms with Crippen LogP contribution in [0.1, 0.15) is 18.2 Å². The summed E-state index contributed by atoms with van der Waals surface area (Å²) < 4.78 is 17.7. The number of hydrogen-bond donors (Lipinski definition) is 1. The Kier molecular flexibility index (Phi) is 5.68. The van der Waals surface area contributed by atoms with Gasteiger partial charge in [-0.25, -0.2) is 9.37 Å². The Morgan fingerprint density at radius 3 is 2.86 bits per heavy atom. The van der Waals surface area contributed by atoms with Gasteiger partial charge in [0.1, 0.15) is 5.82 Å². The van der Waals surface area contributed by atoms with E-state index in [0.717, 1.165) is 17.1 Å². The fourth-order valence-electron chi connectivity index (χ4n) is 1.79. The predicted molar refractivity (Wildman–Crippen MR) is 81.0 cm³/mol. The van der Waals surface area contributed by atoms with Crippen molar-refractivity contribution in [1.82, 2.24) is 4.98 Å². The van der Waals surface area contributed by atoms with Crippen molar-refractivity contribution in [1.29, 1.82) is 0 Å². The van der Waals surface area contributed by atoms with Crippen molar-refractivity contribution in [3.05, 3.63) is 46.7 Å². The topological polar surface area (TPSA) is 51.2 Å². The van der Waals surface area contributed by atoms with Gasteiger partial charge in [0, 0.05) is 11.9 Å². The molecule has 1 N–H and O–H groups in total. The van der Waals surface area contributed by atoms with Gasteiger partial charge in [0.2, 0.25) is 0 Å². The summed E-state index contributed by atoms with van der Waals surface area (Å²) >= 11 is 1.46. The van der Waals surface area contributed by atoms with Gasteiger partial charge in [-0.05, 0) is 31.0 Å². The minimum atomic E-state index is -0.263. The van der Waals surface area contributed by atoms with Gasteiger partial charge in [-0.3, -0.25) is 4.79 Å². The number of carbonyl (C=O) groups is 1. The molecule has 0 aliphatic heterocycles. The van der Waals surface area contributed by atoms with Gasteiger partial charge in [0.15, 0.2) is 5.13 Å². The first kappa shape index (κ1) is 15.4. The van der Waals surface area contributed by atoms with E-state index in [2.05, 4.69) is 10.3 Å². The maximum atomic E-state index is 12.8. The first-order chi connectivity index (χ1) is 10.2. The smallest absolute Gasteiger partial charge is 0.311 e. The van der Waals surface area contributed by atoms with E-state index >= 15 is 0 Å². The average Bonchev–Trinajstić information content (AvgIpc) is 2.89. The first-order valence-corrected chi connectivity index (χ1v) is 7.63. The van der Waals surface area contributed by atoms with Crippen LogP contribution in [0, 0.1) is 5.82 Å². The van der Waals surface area contributed by atoms with E-state index in [1.165, 1.54) is 23.5 Å². The molecule has 0 radical (unpaired) electrons. The zero-order valence-corrected chi connectivity index (χ0v) is 12.6. The van der Waals surface area contributed by atoms with E-state index in [0.29, 0.717) is 18.8 Å². The number of carbonyl (C=O) groups excluding carboxylic acids is 1. The number of hydrogen-bond acceptors (Lipinski definition) is 5. The molecule has 4 nitrogen and oxygen atoms in total. The van der Waals surface area contributed by atoms with Gasteiger partial charge in [0.25, 0.3) is 0 Å². The summed E-state index contributed by atoms with van der Waals surface area (Å²) in [6.45, 7) is 2.87. The third kappa shape index (κ3) is 5.15. The summed E-state index contributed by atoms with van der Waals surface area (Å²) in [5.74, 6) is -0.490. The van der Waals surface area contributed by atoms with Crippen LogP contribution in [-0.4, -0.2) is 24.1 Å². The maximum Gasteiger partial charge on any atom is 0.311 e. The highest BCUT2D eigenvalue weighted by Crippen LogP contribution is 2.16. The molecule has 0 saturated heterocycles. The van der Waals surface area contributed by atoms with E-state index in [-0.39, 0.29) is 18.2 Å². The molecule has 0 fully saturated rings. The summed E-state index contributed by atoms with van der Waals surface area (Å²) in [7, 11) is 0. The molecule has 0 aliphatic carbocycles. The van der Waals surface area contributed by atoms with E-state index in [1.54, 1.807) is 19.1 Å². The van der Waals surface area contributed by atoms with Crippen molar-refractivity contribution < 1.29 is 13.9 Å². The molecule has 1 aromatic carbocycles. The fourth-order valence-corrected chi connectivity index (χ4v) is 2.53. The molecule has 0 bridgehead atoms. The van der Waals surface area contributed by atoms with Gasteiger partial charge in [-0.15, -0.1) is 11.3 Å². The predicted octanol–water partition coefficient (Wildman–Crippen LogP) is 3.04. The molecule has 2 rings (SSSR count). The number of nitrogens with one attached hydrogen (secondary N) is 1. The van der Waals surface area contributed by atoms with Crippen molar-refractivity contribution in [2.45, 2.75) is 19.8 Å². The second-order valence-electron chi connectivity index (χ2n) is 4.43. The molecule has 1 aromatic heterocycles. The maximum absolute atomic E-state index is 12.8. The van der Waals surface area contributed by atoms with Crippen LogP contribution in [0.4, 0.5) is 9.52 Å². The van der Waals surface area contributed by atoms with Gasteiger partial charge < -0.3 is 10.1 Å². The van der Waals surface area contributed by atoms with Gasteiger partial charge in [-0.1, -0.05) is 12.1 Å². The highest BCUT2D eigenvalue weighted by Gasteiger charge is 2.08. The minimum absolute atomic E-state index is 0.198. The molecule has 6 heteroatoms. The molecule has 21 heavy (non-hydrogen) atoms. The third-order valence-corrected chi connectivity index (χ3v) is 3.63.